The van der Waals surface area contributed by atoms with Gasteiger partial charge in [0.25, 0.3) is 5.56 Å². The number of aromatic nitrogens is 1. The van der Waals surface area contributed by atoms with Crippen LogP contribution in [0.2, 0.25) is 0 Å². The summed E-state index contributed by atoms with van der Waals surface area (Å²) in [7, 11) is 2.84. The molecule has 0 spiro atoms. The van der Waals surface area contributed by atoms with Crippen LogP contribution < -0.4 is 19.8 Å². The Morgan fingerprint density at radius 2 is 1.73 bits per heavy atom. The number of methoxy groups -OCH3 is 2. The SMILES string of the molecule is COC(=O)C[C@H](c1ccc(OC)c(OCCc2ccc3c(c2)CCO3)c1)c1c(O)cc(C)n(CCc2ccc(O)cc2)c1=O. The molecule has 0 radical (unpaired) electrons. The number of carbonyl (C=O) groups excluding carboxylic acids is 1. The lowest BCUT2D eigenvalue weighted by molar-refractivity contribution is -0.140. The van der Waals surface area contributed by atoms with Gasteiger partial charge in [-0.3, -0.25) is 9.59 Å². The Labute approximate surface area is 256 Å². The van der Waals surface area contributed by atoms with Gasteiger partial charge in [-0.15, -0.1) is 0 Å². The van der Waals surface area contributed by atoms with Gasteiger partial charge in [-0.05, 0) is 72.0 Å². The number of benzene rings is 3. The summed E-state index contributed by atoms with van der Waals surface area (Å²) in [5, 5.41) is 20.7. The van der Waals surface area contributed by atoms with Crippen LogP contribution in [0.25, 0.3) is 0 Å². The summed E-state index contributed by atoms with van der Waals surface area (Å²) in [4.78, 5) is 26.5. The molecule has 0 saturated heterocycles. The third kappa shape index (κ3) is 6.83. The Kier molecular flexibility index (Phi) is 9.43. The van der Waals surface area contributed by atoms with Crippen LogP contribution in [-0.4, -0.2) is 48.2 Å². The number of carbonyl (C=O) groups is 1. The molecule has 5 rings (SSSR count). The van der Waals surface area contributed by atoms with Gasteiger partial charge in [0.1, 0.15) is 17.2 Å². The Bertz CT molecular complexity index is 1690. The van der Waals surface area contributed by atoms with Gasteiger partial charge in [-0.2, -0.15) is 0 Å². The van der Waals surface area contributed by atoms with Crippen molar-refractivity contribution in [2.75, 3.05) is 27.4 Å². The van der Waals surface area contributed by atoms with E-state index in [-0.39, 0.29) is 23.5 Å². The van der Waals surface area contributed by atoms with Crippen molar-refractivity contribution in [2.45, 2.75) is 45.1 Å². The summed E-state index contributed by atoms with van der Waals surface area (Å²) in [5.74, 6) is 0.543. The molecule has 3 aromatic carbocycles. The largest absolute Gasteiger partial charge is 0.508 e. The van der Waals surface area contributed by atoms with Crippen molar-refractivity contribution >= 4 is 5.97 Å². The third-order valence-electron chi connectivity index (χ3n) is 8.02. The molecule has 1 aliphatic rings. The first-order valence-corrected chi connectivity index (χ1v) is 14.6. The van der Waals surface area contributed by atoms with E-state index in [1.54, 1.807) is 67.1 Å². The van der Waals surface area contributed by atoms with Crippen LogP contribution in [0.4, 0.5) is 0 Å². The van der Waals surface area contributed by atoms with Gasteiger partial charge in [0, 0.05) is 31.0 Å². The highest BCUT2D eigenvalue weighted by atomic mass is 16.5. The minimum atomic E-state index is -0.805. The number of phenols is 1. The molecule has 0 bridgehead atoms. The van der Waals surface area contributed by atoms with Gasteiger partial charge >= 0.3 is 5.97 Å². The molecule has 9 heteroatoms. The van der Waals surface area contributed by atoms with Crippen LogP contribution >= 0.6 is 0 Å². The number of aryl methyl sites for hydroxylation is 2. The quantitative estimate of drug-likeness (QED) is 0.217. The predicted molar refractivity (Wildman–Crippen MR) is 165 cm³/mol. The maximum Gasteiger partial charge on any atom is 0.306 e. The number of nitrogens with zero attached hydrogens (tertiary/aromatic N) is 1. The monoisotopic (exact) mass is 599 g/mol. The van der Waals surface area contributed by atoms with E-state index in [0.29, 0.717) is 55.4 Å². The van der Waals surface area contributed by atoms with Crippen LogP contribution in [0.1, 0.15) is 45.8 Å². The summed E-state index contributed by atoms with van der Waals surface area (Å²) in [6.07, 6.45) is 1.93. The molecule has 2 N–H and O–H groups in total. The van der Waals surface area contributed by atoms with Gasteiger partial charge in [0.15, 0.2) is 11.5 Å². The molecule has 4 aromatic rings. The molecule has 230 valence electrons. The molecule has 0 aliphatic carbocycles. The minimum absolute atomic E-state index is 0.100. The zero-order chi connectivity index (χ0) is 31.2. The topological polar surface area (TPSA) is 116 Å². The predicted octanol–water partition coefficient (Wildman–Crippen LogP) is 5.07. The average molecular weight is 600 g/mol. The zero-order valence-electron chi connectivity index (χ0n) is 25.2. The van der Waals surface area contributed by atoms with Crippen molar-refractivity contribution in [2.24, 2.45) is 0 Å². The number of hydrogen-bond acceptors (Lipinski definition) is 8. The number of aromatic hydroxyl groups is 2. The van der Waals surface area contributed by atoms with Crippen LogP contribution in [0.5, 0.6) is 28.7 Å². The summed E-state index contributed by atoms with van der Waals surface area (Å²) in [5.41, 5.74) is 4.16. The number of hydrogen-bond donors (Lipinski definition) is 2. The van der Waals surface area contributed by atoms with Gasteiger partial charge < -0.3 is 33.7 Å². The standard InChI is InChI=1S/C35H37NO8/c1-22-18-29(38)34(35(40)36(22)15-12-23-4-8-27(37)9-5-23)28(21-33(39)42-3)25-7-11-31(41-2)32(20-25)44-16-13-24-6-10-30-26(19-24)14-17-43-30/h4-11,18-20,28,37-38H,12-17,21H2,1-3H3/t28-/m1/s1. The second-order valence-electron chi connectivity index (χ2n) is 10.8. The summed E-state index contributed by atoms with van der Waals surface area (Å²) >= 11 is 0. The molecule has 1 aliphatic heterocycles. The Morgan fingerprint density at radius 3 is 2.48 bits per heavy atom. The fraction of sp³-hybridized carbons (Fsp3) is 0.314. The summed E-state index contributed by atoms with van der Waals surface area (Å²) < 4.78 is 23.9. The molecule has 0 fully saturated rings. The van der Waals surface area contributed by atoms with E-state index >= 15 is 0 Å². The molecule has 9 nitrogen and oxygen atoms in total. The molecule has 44 heavy (non-hydrogen) atoms. The van der Waals surface area contributed by atoms with Gasteiger partial charge in [-0.25, -0.2) is 0 Å². The van der Waals surface area contributed by atoms with Crippen molar-refractivity contribution in [1.29, 1.82) is 0 Å². The number of phenolic OH excluding ortho intramolecular Hbond substituents is 1. The highest BCUT2D eigenvalue weighted by molar-refractivity contribution is 5.71. The third-order valence-corrected chi connectivity index (χ3v) is 8.02. The smallest absolute Gasteiger partial charge is 0.306 e. The number of pyridine rings is 1. The van der Waals surface area contributed by atoms with Gasteiger partial charge in [-0.1, -0.05) is 30.3 Å². The van der Waals surface area contributed by atoms with Crippen molar-refractivity contribution in [3.63, 3.8) is 0 Å². The maximum absolute atomic E-state index is 13.9. The van der Waals surface area contributed by atoms with E-state index in [1.165, 1.54) is 12.7 Å². The van der Waals surface area contributed by atoms with Crippen molar-refractivity contribution < 1.29 is 34.0 Å². The first kappa shape index (κ1) is 30.5. The van der Waals surface area contributed by atoms with Crippen LogP contribution in [0.3, 0.4) is 0 Å². The van der Waals surface area contributed by atoms with E-state index in [1.807, 2.05) is 12.1 Å². The fourth-order valence-electron chi connectivity index (χ4n) is 5.61. The van der Waals surface area contributed by atoms with Crippen LogP contribution in [0.15, 0.2) is 71.5 Å². The molecule has 0 unspecified atom stereocenters. The van der Waals surface area contributed by atoms with E-state index in [9.17, 15) is 19.8 Å². The van der Waals surface area contributed by atoms with Gasteiger partial charge in [0.2, 0.25) is 0 Å². The van der Waals surface area contributed by atoms with Gasteiger partial charge in [0.05, 0.1) is 39.4 Å². The van der Waals surface area contributed by atoms with Crippen LogP contribution in [-0.2, 0) is 35.3 Å². The molecular weight excluding hydrogens is 562 g/mol. The number of rotatable bonds is 12. The normalized spacial score (nSPS) is 12.7. The number of fused-ring (bicyclic) bond motifs is 1. The van der Waals surface area contributed by atoms with Crippen LogP contribution in [0, 0.1) is 6.92 Å². The van der Waals surface area contributed by atoms with E-state index in [4.69, 9.17) is 18.9 Å². The Balaban J connectivity index is 1.44. The lowest BCUT2D eigenvalue weighted by atomic mass is 9.88. The lowest BCUT2D eigenvalue weighted by Crippen LogP contribution is -2.29. The van der Waals surface area contributed by atoms with Crippen molar-refractivity contribution in [3.8, 4) is 28.7 Å². The Morgan fingerprint density at radius 1 is 0.955 bits per heavy atom. The van der Waals surface area contributed by atoms with E-state index < -0.39 is 17.4 Å². The summed E-state index contributed by atoms with van der Waals surface area (Å²) in [6, 6.07) is 19.7. The molecular formula is C35H37NO8. The molecule has 1 atom stereocenters. The first-order chi connectivity index (χ1) is 21.3. The summed E-state index contributed by atoms with van der Waals surface area (Å²) in [6.45, 7) is 3.18. The molecule has 0 amide bonds. The number of ether oxygens (including phenoxy) is 4. The first-order valence-electron chi connectivity index (χ1n) is 14.6. The van der Waals surface area contributed by atoms with E-state index in [0.717, 1.165) is 23.3 Å². The number of esters is 1. The average Bonchev–Trinajstić information content (AvgIpc) is 3.49. The second kappa shape index (κ2) is 13.6. The molecule has 1 aromatic heterocycles. The minimum Gasteiger partial charge on any atom is -0.508 e. The fourth-order valence-corrected chi connectivity index (χ4v) is 5.61. The lowest BCUT2D eigenvalue weighted by Gasteiger charge is -2.22. The second-order valence-corrected chi connectivity index (χ2v) is 10.8. The van der Waals surface area contributed by atoms with E-state index in [2.05, 4.69) is 6.07 Å². The highest BCUT2D eigenvalue weighted by Crippen LogP contribution is 2.37. The maximum atomic E-state index is 13.9. The molecule has 2 heterocycles. The zero-order valence-corrected chi connectivity index (χ0v) is 25.2. The Hall–Kier alpha value is -4.92. The van der Waals surface area contributed by atoms with Crippen molar-refractivity contribution in [3.05, 3.63) is 111 Å². The molecule has 0 saturated carbocycles. The van der Waals surface area contributed by atoms with Crippen molar-refractivity contribution in [1.82, 2.24) is 4.57 Å². The highest BCUT2D eigenvalue weighted by Gasteiger charge is 2.27.